The summed E-state index contributed by atoms with van der Waals surface area (Å²) in [6.07, 6.45) is 1.12. The van der Waals surface area contributed by atoms with Crippen LogP contribution in [0.15, 0.2) is 5.38 Å². The third-order valence-corrected chi connectivity index (χ3v) is 3.89. The van der Waals surface area contributed by atoms with Gasteiger partial charge in [0, 0.05) is 18.2 Å². The molecule has 0 radical (unpaired) electrons. The molecule has 8 heteroatoms. The SMILES string of the molecule is CC(N)c1nc(C(=O)NCCS(C)(=O)=O)cs1. The maximum Gasteiger partial charge on any atom is 0.270 e. The van der Waals surface area contributed by atoms with E-state index in [1.807, 2.05) is 0 Å². The van der Waals surface area contributed by atoms with E-state index in [0.717, 1.165) is 6.26 Å². The predicted octanol–water partition coefficient (Wildman–Crippen LogP) is -0.0628. The number of nitrogens with one attached hydrogen (secondary N) is 1. The zero-order valence-electron chi connectivity index (χ0n) is 9.63. The predicted molar refractivity (Wildman–Crippen MR) is 66.8 cm³/mol. The number of hydrogen-bond acceptors (Lipinski definition) is 6. The molecule has 0 aromatic carbocycles. The van der Waals surface area contributed by atoms with Crippen LogP contribution < -0.4 is 11.1 Å². The van der Waals surface area contributed by atoms with Gasteiger partial charge in [0.05, 0.1) is 11.8 Å². The zero-order valence-corrected chi connectivity index (χ0v) is 11.3. The molecule has 17 heavy (non-hydrogen) atoms. The molecule has 0 aliphatic carbocycles. The van der Waals surface area contributed by atoms with E-state index in [0.29, 0.717) is 5.01 Å². The van der Waals surface area contributed by atoms with Crippen LogP contribution in [-0.4, -0.2) is 37.9 Å². The minimum absolute atomic E-state index is 0.0803. The minimum Gasteiger partial charge on any atom is -0.350 e. The van der Waals surface area contributed by atoms with Gasteiger partial charge < -0.3 is 11.1 Å². The summed E-state index contributed by atoms with van der Waals surface area (Å²) in [4.78, 5) is 15.6. The Morgan fingerprint density at radius 3 is 2.76 bits per heavy atom. The maximum absolute atomic E-state index is 11.6. The molecule has 96 valence electrons. The number of thiazole rings is 1. The summed E-state index contributed by atoms with van der Waals surface area (Å²) in [5.74, 6) is -0.458. The van der Waals surface area contributed by atoms with E-state index in [4.69, 9.17) is 5.73 Å². The first kappa shape index (κ1) is 14.1. The number of hydrogen-bond donors (Lipinski definition) is 2. The van der Waals surface area contributed by atoms with Crippen LogP contribution in [0.3, 0.4) is 0 Å². The molecular formula is C9H15N3O3S2. The van der Waals surface area contributed by atoms with Gasteiger partial charge in [-0.2, -0.15) is 0 Å². The monoisotopic (exact) mass is 277 g/mol. The van der Waals surface area contributed by atoms with Gasteiger partial charge in [0.25, 0.3) is 5.91 Å². The Morgan fingerprint density at radius 2 is 2.29 bits per heavy atom. The number of nitrogens with two attached hydrogens (primary N) is 1. The van der Waals surface area contributed by atoms with Gasteiger partial charge in [0.2, 0.25) is 0 Å². The fraction of sp³-hybridized carbons (Fsp3) is 0.556. The standard InChI is InChI=1S/C9H15N3O3S2/c1-6(10)9-12-7(5-16-9)8(13)11-3-4-17(2,14)15/h5-6H,3-4,10H2,1-2H3,(H,11,13). The molecule has 1 aromatic rings. The summed E-state index contributed by atoms with van der Waals surface area (Å²) in [6, 6.07) is -0.211. The first-order chi connectivity index (χ1) is 7.79. The van der Waals surface area contributed by atoms with Crippen LogP contribution in [0.5, 0.6) is 0 Å². The number of carbonyl (C=O) groups excluding carboxylic acids is 1. The van der Waals surface area contributed by atoms with Crippen molar-refractivity contribution in [2.24, 2.45) is 5.73 Å². The lowest BCUT2D eigenvalue weighted by molar-refractivity contribution is 0.0951. The maximum atomic E-state index is 11.6. The van der Waals surface area contributed by atoms with Crippen molar-refractivity contribution < 1.29 is 13.2 Å². The number of amides is 1. The smallest absolute Gasteiger partial charge is 0.270 e. The quantitative estimate of drug-likeness (QED) is 0.785. The lowest BCUT2D eigenvalue weighted by atomic mass is 10.4. The molecule has 6 nitrogen and oxygen atoms in total. The summed E-state index contributed by atoms with van der Waals surface area (Å²) >= 11 is 1.31. The lowest BCUT2D eigenvalue weighted by Gasteiger charge is -2.01. The van der Waals surface area contributed by atoms with Crippen LogP contribution in [-0.2, 0) is 9.84 Å². The zero-order chi connectivity index (χ0) is 13.1. The fourth-order valence-electron chi connectivity index (χ4n) is 1.04. The highest BCUT2D eigenvalue weighted by Gasteiger charge is 2.12. The molecule has 0 aliphatic heterocycles. The van der Waals surface area contributed by atoms with Crippen LogP contribution in [0.25, 0.3) is 0 Å². The Hall–Kier alpha value is -0.990. The van der Waals surface area contributed by atoms with Gasteiger partial charge in [0.1, 0.15) is 20.5 Å². The Bertz CT molecular complexity index is 493. The molecule has 1 atom stereocenters. The molecule has 0 aliphatic rings. The number of aromatic nitrogens is 1. The molecular weight excluding hydrogens is 262 g/mol. The Kier molecular flexibility index (Phi) is 4.61. The normalized spacial score (nSPS) is 13.4. The van der Waals surface area contributed by atoms with Gasteiger partial charge in [-0.05, 0) is 6.92 Å². The highest BCUT2D eigenvalue weighted by molar-refractivity contribution is 7.90. The van der Waals surface area contributed by atoms with Crippen molar-refractivity contribution in [1.29, 1.82) is 0 Å². The van der Waals surface area contributed by atoms with E-state index < -0.39 is 9.84 Å². The molecule has 1 heterocycles. The van der Waals surface area contributed by atoms with E-state index in [1.54, 1.807) is 12.3 Å². The van der Waals surface area contributed by atoms with Crippen LogP contribution in [0.1, 0.15) is 28.5 Å². The Balaban J connectivity index is 2.52. The van der Waals surface area contributed by atoms with Crippen molar-refractivity contribution in [1.82, 2.24) is 10.3 Å². The van der Waals surface area contributed by atoms with Crippen LogP contribution in [0, 0.1) is 0 Å². The van der Waals surface area contributed by atoms with E-state index in [9.17, 15) is 13.2 Å². The summed E-state index contributed by atoms with van der Waals surface area (Å²) in [5, 5.41) is 4.78. The third kappa shape index (κ3) is 4.80. The summed E-state index contributed by atoms with van der Waals surface area (Å²) in [6.45, 7) is 1.87. The van der Waals surface area contributed by atoms with Gasteiger partial charge in [-0.25, -0.2) is 13.4 Å². The van der Waals surface area contributed by atoms with Crippen LogP contribution in [0.2, 0.25) is 0 Å². The second-order valence-corrected chi connectivity index (χ2v) is 6.89. The second kappa shape index (κ2) is 5.56. The molecule has 3 N–H and O–H groups in total. The summed E-state index contributed by atoms with van der Waals surface area (Å²) in [7, 11) is -3.06. The number of rotatable bonds is 5. The van der Waals surface area contributed by atoms with Crippen molar-refractivity contribution in [3.05, 3.63) is 16.1 Å². The molecule has 0 bridgehead atoms. The molecule has 1 unspecified atom stereocenters. The number of nitrogens with zero attached hydrogens (tertiary/aromatic N) is 1. The molecule has 0 fully saturated rings. The average molecular weight is 277 g/mol. The van der Waals surface area contributed by atoms with Gasteiger partial charge in [-0.15, -0.1) is 11.3 Å². The Labute approximate surface area is 104 Å². The minimum atomic E-state index is -3.06. The van der Waals surface area contributed by atoms with Crippen LogP contribution >= 0.6 is 11.3 Å². The first-order valence-corrected chi connectivity index (χ1v) is 7.90. The van der Waals surface area contributed by atoms with E-state index in [2.05, 4.69) is 10.3 Å². The van der Waals surface area contributed by atoms with Crippen molar-refractivity contribution in [3.63, 3.8) is 0 Å². The lowest BCUT2D eigenvalue weighted by Crippen LogP contribution is -2.29. The molecule has 1 aromatic heterocycles. The van der Waals surface area contributed by atoms with Gasteiger partial charge in [0.15, 0.2) is 0 Å². The fourth-order valence-corrected chi connectivity index (χ4v) is 2.27. The highest BCUT2D eigenvalue weighted by atomic mass is 32.2. The topological polar surface area (TPSA) is 102 Å². The van der Waals surface area contributed by atoms with Crippen molar-refractivity contribution in [2.75, 3.05) is 18.6 Å². The van der Waals surface area contributed by atoms with Crippen molar-refractivity contribution >= 4 is 27.1 Å². The molecule has 0 saturated heterocycles. The average Bonchev–Trinajstić information content (AvgIpc) is 2.63. The third-order valence-electron chi connectivity index (χ3n) is 1.90. The molecule has 1 rings (SSSR count). The first-order valence-electron chi connectivity index (χ1n) is 4.96. The van der Waals surface area contributed by atoms with Gasteiger partial charge >= 0.3 is 0 Å². The van der Waals surface area contributed by atoms with E-state index >= 15 is 0 Å². The molecule has 0 spiro atoms. The summed E-state index contributed by atoms with van der Waals surface area (Å²) < 4.78 is 21.7. The Morgan fingerprint density at radius 1 is 1.65 bits per heavy atom. The van der Waals surface area contributed by atoms with E-state index in [-0.39, 0.29) is 29.9 Å². The van der Waals surface area contributed by atoms with Gasteiger partial charge in [-0.1, -0.05) is 0 Å². The summed E-state index contributed by atoms with van der Waals surface area (Å²) in [5.41, 5.74) is 5.90. The molecule has 1 amide bonds. The van der Waals surface area contributed by atoms with Crippen molar-refractivity contribution in [2.45, 2.75) is 13.0 Å². The number of carbonyl (C=O) groups is 1. The van der Waals surface area contributed by atoms with Gasteiger partial charge in [-0.3, -0.25) is 4.79 Å². The second-order valence-electron chi connectivity index (χ2n) is 3.75. The highest BCUT2D eigenvalue weighted by Crippen LogP contribution is 2.15. The molecule has 0 saturated carbocycles. The number of sulfone groups is 1. The van der Waals surface area contributed by atoms with E-state index in [1.165, 1.54) is 11.3 Å². The largest absolute Gasteiger partial charge is 0.350 e. The van der Waals surface area contributed by atoms with Crippen LogP contribution in [0.4, 0.5) is 0 Å². The van der Waals surface area contributed by atoms with Crippen molar-refractivity contribution in [3.8, 4) is 0 Å².